The highest BCUT2D eigenvalue weighted by Gasteiger charge is 2.18. The fraction of sp³-hybridized carbons (Fsp3) is 0.417. The first-order valence-corrected chi connectivity index (χ1v) is 10.5. The van der Waals surface area contributed by atoms with E-state index in [-0.39, 0.29) is 0 Å². The molecular weight excluding hydrogens is 348 g/mol. The molecule has 4 rings (SSSR count). The van der Waals surface area contributed by atoms with Crippen molar-refractivity contribution in [3.63, 3.8) is 0 Å². The molecule has 2 heterocycles. The average Bonchev–Trinajstić information content (AvgIpc) is 3.11. The number of para-hydroxylation sites is 1. The van der Waals surface area contributed by atoms with Gasteiger partial charge in [-0.1, -0.05) is 31.5 Å². The van der Waals surface area contributed by atoms with Crippen molar-refractivity contribution in [3.05, 3.63) is 47.5 Å². The third-order valence-electron chi connectivity index (χ3n) is 5.54. The first-order valence-electron chi connectivity index (χ1n) is 10.5. The maximum Gasteiger partial charge on any atom is 0.162 e. The second-order valence-corrected chi connectivity index (χ2v) is 7.53. The number of fused-ring (bicyclic) bond motifs is 2. The number of aromatic nitrogens is 1. The van der Waals surface area contributed by atoms with Crippen molar-refractivity contribution in [1.82, 2.24) is 4.98 Å². The molecule has 4 nitrogen and oxygen atoms in total. The number of nitrogens with two attached hydrogens (primary N) is 1. The van der Waals surface area contributed by atoms with E-state index in [2.05, 4.69) is 42.2 Å². The maximum atomic E-state index is 5.82. The number of hydrogen-bond donors (Lipinski definition) is 2. The van der Waals surface area contributed by atoms with Crippen molar-refractivity contribution in [1.29, 1.82) is 0 Å². The third kappa shape index (κ3) is 3.74. The molecule has 1 aliphatic heterocycles. The summed E-state index contributed by atoms with van der Waals surface area (Å²) < 4.78 is 11.5. The summed E-state index contributed by atoms with van der Waals surface area (Å²) in [5.74, 6) is 1.67. The number of unbranched alkanes of at least 4 members (excludes halogenated alkanes) is 2. The Hall–Kier alpha value is -2.46. The minimum Gasteiger partial charge on any atom is -0.486 e. The van der Waals surface area contributed by atoms with Gasteiger partial charge in [0.05, 0.1) is 0 Å². The monoisotopic (exact) mass is 378 g/mol. The SMILES string of the molecule is CCCCc1cccc2c(CCCCN)c(-c3ccc4c(c3)OCCO4)[nH]c12. The summed E-state index contributed by atoms with van der Waals surface area (Å²) in [6.45, 7) is 4.20. The summed E-state index contributed by atoms with van der Waals surface area (Å²) in [4.78, 5) is 3.76. The van der Waals surface area contributed by atoms with Crippen LogP contribution in [0.15, 0.2) is 36.4 Å². The highest BCUT2D eigenvalue weighted by atomic mass is 16.6. The molecule has 148 valence electrons. The molecule has 2 aromatic carbocycles. The summed E-state index contributed by atoms with van der Waals surface area (Å²) in [7, 11) is 0. The van der Waals surface area contributed by atoms with Crippen LogP contribution in [-0.2, 0) is 12.8 Å². The zero-order valence-corrected chi connectivity index (χ0v) is 16.7. The van der Waals surface area contributed by atoms with E-state index >= 15 is 0 Å². The molecule has 0 aliphatic carbocycles. The molecule has 0 saturated carbocycles. The molecule has 0 fully saturated rings. The Labute approximate surface area is 167 Å². The fourth-order valence-corrected chi connectivity index (χ4v) is 4.06. The number of H-pyrrole nitrogens is 1. The van der Waals surface area contributed by atoms with E-state index < -0.39 is 0 Å². The van der Waals surface area contributed by atoms with E-state index in [0.29, 0.717) is 13.2 Å². The number of hydrogen-bond acceptors (Lipinski definition) is 3. The smallest absolute Gasteiger partial charge is 0.162 e. The van der Waals surface area contributed by atoms with E-state index in [4.69, 9.17) is 15.2 Å². The number of aryl methyl sites for hydroxylation is 2. The first-order chi connectivity index (χ1) is 13.8. The van der Waals surface area contributed by atoms with Gasteiger partial charge in [0.15, 0.2) is 11.5 Å². The number of aromatic amines is 1. The van der Waals surface area contributed by atoms with Crippen LogP contribution in [-0.4, -0.2) is 24.7 Å². The van der Waals surface area contributed by atoms with E-state index in [1.165, 1.54) is 40.6 Å². The Morgan fingerprint density at radius 2 is 1.82 bits per heavy atom. The largest absolute Gasteiger partial charge is 0.486 e. The summed E-state index contributed by atoms with van der Waals surface area (Å²) >= 11 is 0. The topological polar surface area (TPSA) is 60.3 Å². The first kappa shape index (κ1) is 18.9. The van der Waals surface area contributed by atoms with Crippen molar-refractivity contribution in [3.8, 4) is 22.8 Å². The van der Waals surface area contributed by atoms with E-state index in [0.717, 1.165) is 49.3 Å². The van der Waals surface area contributed by atoms with Crippen molar-refractivity contribution in [2.75, 3.05) is 19.8 Å². The predicted octanol–water partition coefficient (Wildman–Crippen LogP) is 5.23. The second kappa shape index (κ2) is 8.70. The van der Waals surface area contributed by atoms with Crippen molar-refractivity contribution in [2.45, 2.75) is 45.4 Å². The van der Waals surface area contributed by atoms with E-state index in [9.17, 15) is 0 Å². The van der Waals surface area contributed by atoms with Gasteiger partial charge in [-0.2, -0.15) is 0 Å². The molecule has 0 atom stereocenters. The lowest BCUT2D eigenvalue weighted by Gasteiger charge is -2.19. The number of benzene rings is 2. The van der Waals surface area contributed by atoms with Gasteiger partial charge in [-0.05, 0) is 68.0 Å². The second-order valence-electron chi connectivity index (χ2n) is 7.53. The van der Waals surface area contributed by atoms with Crippen LogP contribution in [0.3, 0.4) is 0 Å². The molecule has 0 bridgehead atoms. The standard InChI is InChI=1S/C24H30N2O2/c1-2-3-7-17-8-6-10-20-19(9-4-5-13-25)24(26-23(17)20)18-11-12-21-22(16-18)28-15-14-27-21/h6,8,10-12,16,26H,2-5,7,9,13-15,25H2,1H3. The van der Waals surface area contributed by atoms with Crippen LogP contribution in [0.25, 0.3) is 22.2 Å². The normalized spacial score (nSPS) is 13.2. The minimum absolute atomic E-state index is 0.605. The van der Waals surface area contributed by atoms with Crippen LogP contribution in [0.5, 0.6) is 11.5 Å². The van der Waals surface area contributed by atoms with Crippen LogP contribution in [0.2, 0.25) is 0 Å². The van der Waals surface area contributed by atoms with Gasteiger partial charge >= 0.3 is 0 Å². The maximum absolute atomic E-state index is 5.82. The molecule has 0 amide bonds. The van der Waals surface area contributed by atoms with Gasteiger partial charge in [0.1, 0.15) is 13.2 Å². The number of rotatable bonds is 8. The Morgan fingerprint density at radius 3 is 2.64 bits per heavy atom. The Morgan fingerprint density at radius 1 is 0.964 bits per heavy atom. The molecule has 3 aromatic rings. The van der Waals surface area contributed by atoms with Gasteiger partial charge in [-0.15, -0.1) is 0 Å². The highest BCUT2D eigenvalue weighted by molar-refractivity contribution is 5.93. The van der Waals surface area contributed by atoms with Crippen molar-refractivity contribution in [2.24, 2.45) is 5.73 Å². The van der Waals surface area contributed by atoms with Gasteiger partial charge in [0.25, 0.3) is 0 Å². The molecule has 0 unspecified atom stereocenters. The highest BCUT2D eigenvalue weighted by Crippen LogP contribution is 2.38. The van der Waals surface area contributed by atoms with Crippen LogP contribution in [0, 0.1) is 0 Å². The van der Waals surface area contributed by atoms with Gasteiger partial charge < -0.3 is 20.2 Å². The van der Waals surface area contributed by atoms with Gasteiger partial charge in [0, 0.05) is 22.2 Å². The van der Waals surface area contributed by atoms with Crippen LogP contribution >= 0.6 is 0 Å². The Kier molecular flexibility index (Phi) is 5.87. The van der Waals surface area contributed by atoms with E-state index in [1.54, 1.807) is 0 Å². The van der Waals surface area contributed by atoms with Gasteiger partial charge in [-0.25, -0.2) is 0 Å². The zero-order chi connectivity index (χ0) is 19.3. The molecule has 3 N–H and O–H groups in total. The van der Waals surface area contributed by atoms with Crippen molar-refractivity contribution < 1.29 is 9.47 Å². The molecular formula is C24H30N2O2. The minimum atomic E-state index is 0.605. The molecule has 28 heavy (non-hydrogen) atoms. The molecule has 0 spiro atoms. The average molecular weight is 379 g/mol. The summed E-state index contributed by atoms with van der Waals surface area (Å²) in [6, 6.07) is 13.0. The molecule has 1 aromatic heterocycles. The number of ether oxygens (including phenoxy) is 2. The third-order valence-corrected chi connectivity index (χ3v) is 5.54. The lowest BCUT2D eigenvalue weighted by Crippen LogP contribution is -2.15. The van der Waals surface area contributed by atoms with Crippen LogP contribution in [0.1, 0.15) is 43.7 Å². The Balaban J connectivity index is 1.80. The van der Waals surface area contributed by atoms with Gasteiger partial charge in [0.2, 0.25) is 0 Å². The van der Waals surface area contributed by atoms with Gasteiger partial charge in [-0.3, -0.25) is 0 Å². The Bertz CT molecular complexity index is 945. The summed E-state index contributed by atoms with van der Waals surface area (Å²) in [6.07, 6.45) is 6.69. The fourth-order valence-electron chi connectivity index (χ4n) is 4.06. The predicted molar refractivity (Wildman–Crippen MR) is 115 cm³/mol. The summed E-state index contributed by atoms with van der Waals surface area (Å²) in [5.41, 5.74) is 12.2. The quantitative estimate of drug-likeness (QED) is 0.528. The van der Waals surface area contributed by atoms with Crippen LogP contribution in [0.4, 0.5) is 0 Å². The van der Waals surface area contributed by atoms with Crippen LogP contribution < -0.4 is 15.2 Å². The number of nitrogens with one attached hydrogen (secondary N) is 1. The van der Waals surface area contributed by atoms with E-state index in [1.807, 2.05) is 6.07 Å². The molecule has 4 heteroatoms. The summed E-state index contributed by atoms with van der Waals surface area (Å²) in [5, 5.41) is 1.34. The zero-order valence-electron chi connectivity index (χ0n) is 16.7. The van der Waals surface area contributed by atoms with Crippen molar-refractivity contribution >= 4 is 10.9 Å². The lowest BCUT2D eigenvalue weighted by atomic mass is 9.98. The molecule has 1 aliphatic rings. The molecule has 0 saturated heterocycles. The lowest BCUT2D eigenvalue weighted by molar-refractivity contribution is 0.171. The molecule has 0 radical (unpaired) electrons.